The summed E-state index contributed by atoms with van der Waals surface area (Å²) < 4.78 is 5.52. The van der Waals surface area contributed by atoms with Gasteiger partial charge in [-0.05, 0) is 49.3 Å². The molecule has 0 fully saturated rings. The SMILES string of the molecule is CCCOCCCNC1CCC(C)c2ccccc21. The lowest BCUT2D eigenvalue weighted by Gasteiger charge is -2.30. The van der Waals surface area contributed by atoms with E-state index in [-0.39, 0.29) is 0 Å². The molecule has 0 aliphatic heterocycles. The summed E-state index contributed by atoms with van der Waals surface area (Å²) in [5, 5.41) is 3.70. The Bertz CT molecular complexity index is 377. The van der Waals surface area contributed by atoms with E-state index in [0.717, 1.165) is 32.6 Å². The molecule has 1 N–H and O–H groups in total. The summed E-state index contributed by atoms with van der Waals surface area (Å²) >= 11 is 0. The quantitative estimate of drug-likeness (QED) is 0.748. The van der Waals surface area contributed by atoms with Crippen LogP contribution in [0.5, 0.6) is 0 Å². The molecule has 19 heavy (non-hydrogen) atoms. The number of hydrogen-bond donors (Lipinski definition) is 1. The first-order valence-electron chi connectivity index (χ1n) is 7.73. The van der Waals surface area contributed by atoms with Crippen LogP contribution < -0.4 is 5.32 Å². The van der Waals surface area contributed by atoms with Crippen molar-refractivity contribution in [3.63, 3.8) is 0 Å². The largest absolute Gasteiger partial charge is 0.381 e. The Balaban J connectivity index is 1.80. The molecule has 2 heteroatoms. The van der Waals surface area contributed by atoms with E-state index in [9.17, 15) is 0 Å². The molecular weight excluding hydrogens is 234 g/mol. The van der Waals surface area contributed by atoms with Crippen LogP contribution in [-0.4, -0.2) is 19.8 Å². The highest BCUT2D eigenvalue weighted by Crippen LogP contribution is 2.36. The van der Waals surface area contributed by atoms with E-state index in [1.54, 1.807) is 0 Å². The van der Waals surface area contributed by atoms with Gasteiger partial charge in [-0.25, -0.2) is 0 Å². The molecule has 0 saturated carbocycles. The van der Waals surface area contributed by atoms with Crippen LogP contribution in [0, 0.1) is 0 Å². The molecule has 1 aromatic rings. The van der Waals surface area contributed by atoms with Crippen molar-refractivity contribution < 1.29 is 4.74 Å². The molecule has 0 amide bonds. The van der Waals surface area contributed by atoms with Crippen LogP contribution in [0.1, 0.15) is 62.6 Å². The molecule has 2 atom stereocenters. The second-order valence-corrected chi connectivity index (χ2v) is 5.58. The average Bonchev–Trinajstić information content (AvgIpc) is 2.45. The molecule has 2 unspecified atom stereocenters. The van der Waals surface area contributed by atoms with Gasteiger partial charge in [0.25, 0.3) is 0 Å². The fourth-order valence-corrected chi connectivity index (χ4v) is 2.91. The van der Waals surface area contributed by atoms with Gasteiger partial charge in [-0.3, -0.25) is 0 Å². The molecule has 0 bridgehead atoms. The van der Waals surface area contributed by atoms with E-state index in [4.69, 9.17) is 4.74 Å². The molecule has 0 saturated heterocycles. The first-order chi connectivity index (χ1) is 9.33. The second-order valence-electron chi connectivity index (χ2n) is 5.58. The van der Waals surface area contributed by atoms with E-state index in [0.29, 0.717) is 12.0 Å². The molecule has 0 spiro atoms. The van der Waals surface area contributed by atoms with E-state index >= 15 is 0 Å². The molecular formula is C17H27NO. The zero-order chi connectivity index (χ0) is 13.5. The van der Waals surface area contributed by atoms with Crippen molar-refractivity contribution >= 4 is 0 Å². The van der Waals surface area contributed by atoms with Crippen LogP contribution in [0.4, 0.5) is 0 Å². The molecule has 1 aliphatic carbocycles. The summed E-state index contributed by atoms with van der Waals surface area (Å²) in [6.07, 6.45) is 4.77. The van der Waals surface area contributed by atoms with Crippen molar-refractivity contribution in [2.75, 3.05) is 19.8 Å². The number of benzene rings is 1. The van der Waals surface area contributed by atoms with Gasteiger partial charge < -0.3 is 10.1 Å². The molecule has 2 rings (SSSR count). The zero-order valence-corrected chi connectivity index (χ0v) is 12.3. The zero-order valence-electron chi connectivity index (χ0n) is 12.3. The van der Waals surface area contributed by atoms with Gasteiger partial charge in [0.15, 0.2) is 0 Å². The first-order valence-corrected chi connectivity index (χ1v) is 7.73. The summed E-state index contributed by atoms with van der Waals surface area (Å²) in [5.74, 6) is 0.710. The smallest absolute Gasteiger partial charge is 0.0478 e. The van der Waals surface area contributed by atoms with E-state index < -0.39 is 0 Å². The van der Waals surface area contributed by atoms with Gasteiger partial charge in [0.1, 0.15) is 0 Å². The van der Waals surface area contributed by atoms with Crippen LogP contribution in [0.2, 0.25) is 0 Å². The summed E-state index contributed by atoms with van der Waals surface area (Å²) in [4.78, 5) is 0. The Morgan fingerprint density at radius 3 is 2.74 bits per heavy atom. The maximum absolute atomic E-state index is 5.52. The third-order valence-electron chi connectivity index (χ3n) is 4.00. The predicted molar refractivity (Wildman–Crippen MR) is 80.6 cm³/mol. The predicted octanol–water partition coefficient (Wildman–Crippen LogP) is 4.03. The van der Waals surface area contributed by atoms with Gasteiger partial charge in [-0.1, -0.05) is 38.1 Å². The van der Waals surface area contributed by atoms with Crippen LogP contribution in [-0.2, 0) is 4.74 Å². The molecule has 2 nitrogen and oxygen atoms in total. The Hall–Kier alpha value is -0.860. The topological polar surface area (TPSA) is 21.3 Å². The van der Waals surface area contributed by atoms with E-state index in [2.05, 4.69) is 43.4 Å². The third kappa shape index (κ3) is 4.05. The van der Waals surface area contributed by atoms with Crippen molar-refractivity contribution in [2.45, 2.75) is 51.5 Å². The van der Waals surface area contributed by atoms with Crippen LogP contribution in [0.3, 0.4) is 0 Å². The Kier molecular flexibility index (Phi) is 5.87. The standard InChI is InChI=1S/C17H27NO/c1-3-12-19-13-6-11-18-17-10-9-14(2)15-7-4-5-8-16(15)17/h4-5,7-8,14,17-18H,3,6,9-13H2,1-2H3. The van der Waals surface area contributed by atoms with Crippen molar-refractivity contribution in [2.24, 2.45) is 0 Å². The summed E-state index contributed by atoms with van der Waals surface area (Å²) in [7, 11) is 0. The third-order valence-corrected chi connectivity index (χ3v) is 4.00. The number of rotatable bonds is 7. The highest BCUT2D eigenvalue weighted by Gasteiger charge is 2.23. The molecule has 0 aromatic heterocycles. The van der Waals surface area contributed by atoms with Gasteiger partial charge >= 0.3 is 0 Å². The normalized spacial score (nSPS) is 22.2. The van der Waals surface area contributed by atoms with Gasteiger partial charge in [0.2, 0.25) is 0 Å². The number of fused-ring (bicyclic) bond motifs is 1. The minimum atomic E-state index is 0.540. The molecule has 106 valence electrons. The lowest BCUT2D eigenvalue weighted by atomic mass is 9.81. The number of ether oxygens (including phenoxy) is 1. The molecule has 0 radical (unpaired) electrons. The highest BCUT2D eigenvalue weighted by molar-refractivity contribution is 5.34. The monoisotopic (exact) mass is 261 g/mol. The van der Waals surface area contributed by atoms with Gasteiger partial charge in [0.05, 0.1) is 0 Å². The summed E-state index contributed by atoms with van der Waals surface area (Å²) in [6.45, 7) is 7.32. The maximum atomic E-state index is 5.52. The number of nitrogens with one attached hydrogen (secondary N) is 1. The minimum absolute atomic E-state index is 0.540. The van der Waals surface area contributed by atoms with Crippen molar-refractivity contribution in [3.8, 4) is 0 Å². The minimum Gasteiger partial charge on any atom is -0.381 e. The summed E-state index contributed by atoms with van der Waals surface area (Å²) in [6, 6.07) is 9.44. The van der Waals surface area contributed by atoms with E-state index in [1.807, 2.05) is 0 Å². The lowest BCUT2D eigenvalue weighted by Crippen LogP contribution is -2.27. The maximum Gasteiger partial charge on any atom is 0.0478 e. The van der Waals surface area contributed by atoms with Gasteiger partial charge in [0, 0.05) is 19.3 Å². The molecule has 1 aliphatic rings. The number of hydrogen-bond acceptors (Lipinski definition) is 2. The van der Waals surface area contributed by atoms with Crippen LogP contribution in [0.25, 0.3) is 0 Å². The van der Waals surface area contributed by atoms with E-state index in [1.165, 1.54) is 24.0 Å². The molecule has 0 heterocycles. The average molecular weight is 261 g/mol. The van der Waals surface area contributed by atoms with Crippen LogP contribution in [0.15, 0.2) is 24.3 Å². The second kappa shape index (κ2) is 7.66. The molecule has 1 aromatic carbocycles. The van der Waals surface area contributed by atoms with Crippen LogP contribution >= 0.6 is 0 Å². The Labute approximate surface area is 117 Å². The van der Waals surface area contributed by atoms with Crippen molar-refractivity contribution in [3.05, 3.63) is 35.4 Å². The van der Waals surface area contributed by atoms with Gasteiger partial charge in [-0.2, -0.15) is 0 Å². The lowest BCUT2D eigenvalue weighted by molar-refractivity contribution is 0.131. The summed E-state index contributed by atoms with van der Waals surface area (Å²) in [5.41, 5.74) is 3.05. The fraction of sp³-hybridized carbons (Fsp3) is 0.647. The van der Waals surface area contributed by atoms with Gasteiger partial charge in [-0.15, -0.1) is 0 Å². The fourth-order valence-electron chi connectivity index (χ4n) is 2.91. The van der Waals surface area contributed by atoms with Crippen molar-refractivity contribution in [1.82, 2.24) is 5.32 Å². The van der Waals surface area contributed by atoms with Crippen molar-refractivity contribution in [1.29, 1.82) is 0 Å². The first kappa shape index (κ1) is 14.5. The Morgan fingerprint density at radius 2 is 1.95 bits per heavy atom. The highest BCUT2D eigenvalue weighted by atomic mass is 16.5. The Morgan fingerprint density at radius 1 is 1.16 bits per heavy atom.